The monoisotopic (exact) mass is 376 g/mol. The van der Waals surface area contributed by atoms with E-state index in [-0.39, 0.29) is 6.61 Å². The Morgan fingerprint density at radius 3 is 2.21 bits per heavy atom. The molecule has 0 unspecified atom stereocenters. The topological polar surface area (TPSA) is 44.5 Å². The third kappa shape index (κ3) is 4.33. The quantitative estimate of drug-likeness (QED) is 0.718. The maximum absolute atomic E-state index is 9.52. The number of aliphatic hydroxyl groups is 1. The average molecular weight is 377 g/mol. The zero-order chi connectivity index (χ0) is 19.3. The Hall–Kier alpha value is -2.47. The standard InChI is InChI=1S/C23H28N4O/c1-19-6-2-5-9-23(19)27-16-20(14-24-27)15-25-10-12-26(13-11-25)17-21-7-3-4-8-22(21)18-28/h2-9,14,16,28H,10-13,15,17-18H2,1H3. The van der Waals surface area contributed by atoms with Crippen molar-refractivity contribution in [3.8, 4) is 5.69 Å². The number of para-hydroxylation sites is 1. The number of benzene rings is 2. The van der Waals surface area contributed by atoms with E-state index in [0.717, 1.165) is 50.5 Å². The van der Waals surface area contributed by atoms with Gasteiger partial charge in [-0.2, -0.15) is 5.10 Å². The second kappa shape index (κ2) is 8.69. The third-order valence-electron chi connectivity index (χ3n) is 5.55. The largest absolute Gasteiger partial charge is 0.392 e. The van der Waals surface area contributed by atoms with Gasteiger partial charge < -0.3 is 5.11 Å². The summed E-state index contributed by atoms with van der Waals surface area (Å²) in [5.74, 6) is 0. The van der Waals surface area contributed by atoms with Crippen molar-refractivity contribution in [2.45, 2.75) is 26.6 Å². The molecule has 1 fully saturated rings. The molecular formula is C23H28N4O. The lowest BCUT2D eigenvalue weighted by Crippen LogP contribution is -2.45. The summed E-state index contributed by atoms with van der Waals surface area (Å²) in [5.41, 5.74) is 5.89. The van der Waals surface area contributed by atoms with Crippen LogP contribution in [0.2, 0.25) is 0 Å². The van der Waals surface area contributed by atoms with Crippen LogP contribution in [0.1, 0.15) is 22.3 Å². The molecule has 28 heavy (non-hydrogen) atoms. The van der Waals surface area contributed by atoms with Crippen LogP contribution in [0.15, 0.2) is 60.9 Å². The first-order valence-corrected chi connectivity index (χ1v) is 9.95. The Morgan fingerprint density at radius 1 is 0.857 bits per heavy atom. The molecule has 1 aliphatic heterocycles. The van der Waals surface area contributed by atoms with Gasteiger partial charge in [-0.15, -0.1) is 0 Å². The fourth-order valence-electron chi connectivity index (χ4n) is 3.86. The van der Waals surface area contributed by atoms with Crippen LogP contribution in [0, 0.1) is 6.92 Å². The Balaban J connectivity index is 1.32. The van der Waals surface area contributed by atoms with Crippen LogP contribution in [0.25, 0.3) is 5.69 Å². The lowest BCUT2D eigenvalue weighted by atomic mass is 10.1. The molecule has 1 N–H and O–H groups in total. The van der Waals surface area contributed by atoms with Crippen LogP contribution >= 0.6 is 0 Å². The summed E-state index contributed by atoms with van der Waals surface area (Å²) < 4.78 is 1.98. The van der Waals surface area contributed by atoms with E-state index in [0.29, 0.717) is 0 Å². The summed E-state index contributed by atoms with van der Waals surface area (Å²) in [6.45, 7) is 8.28. The molecule has 0 bridgehead atoms. The molecule has 4 rings (SSSR count). The lowest BCUT2D eigenvalue weighted by Gasteiger charge is -2.34. The number of rotatable bonds is 6. The second-order valence-electron chi connectivity index (χ2n) is 7.56. The molecule has 146 valence electrons. The maximum Gasteiger partial charge on any atom is 0.0685 e. The molecule has 2 heterocycles. The molecule has 1 aliphatic rings. The molecule has 0 atom stereocenters. The lowest BCUT2D eigenvalue weighted by molar-refractivity contribution is 0.121. The van der Waals surface area contributed by atoms with E-state index >= 15 is 0 Å². The van der Waals surface area contributed by atoms with E-state index in [4.69, 9.17) is 0 Å². The SMILES string of the molecule is Cc1ccccc1-n1cc(CN2CCN(Cc3ccccc3CO)CC2)cn1. The number of aryl methyl sites for hydroxylation is 1. The van der Waals surface area contributed by atoms with Crippen molar-refractivity contribution in [1.82, 2.24) is 19.6 Å². The van der Waals surface area contributed by atoms with Gasteiger partial charge in [0.2, 0.25) is 0 Å². The van der Waals surface area contributed by atoms with Crippen LogP contribution in [-0.4, -0.2) is 50.9 Å². The molecule has 5 heteroatoms. The predicted molar refractivity (Wildman–Crippen MR) is 111 cm³/mol. The normalized spacial score (nSPS) is 15.8. The Morgan fingerprint density at radius 2 is 1.50 bits per heavy atom. The fourth-order valence-corrected chi connectivity index (χ4v) is 3.86. The summed E-state index contributed by atoms with van der Waals surface area (Å²) in [6.07, 6.45) is 4.13. The van der Waals surface area contributed by atoms with Crippen molar-refractivity contribution in [2.75, 3.05) is 26.2 Å². The molecule has 1 aromatic heterocycles. The molecule has 3 aromatic rings. The van der Waals surface area contributed by atoms with E-state index in [2.05, 4.69) is 64.4 Å². The summed E-state index contributed by atoms with van der Waals surface area (Å²) in [6, 6.07) is 16.5. The minimum absolute atomic E-state index is 0.112. The molecule has 0 spiro atoms. The summed E-state index contributed by atoms with van der Waals surface area (Å²) >= 11 is 0. The van der Waals surface area contributed by atoms with Crippen molar-refractivity contribution in [3.05, 3.63) is 83.2 Å². The third-order valence-corrected chi connectivity index (χ3v) is 5.55. The molecule has 0 radical (unpaired) electrons. The molecule has 0 amide bonds. The van der Waals surface area contributed by atoms with Gasteiger partial charge in [-0.25, -0.2) is 4.68 Å². The first-order chi connectivity index (χ1) is 13.7. The van der Waals surface area contributed by atoms with Crippen LogP contribution in [0.3, 0.4) is 0 Å². The van der Waals surface area contributed by atoms with Gasteiger partial charge in [-0.1, -0.05) is 42.5 Å². The number of aromatic nitrogens is 2. The Labute approximate surface area is 166 Å². The number of hydrogen-bond acceptors (Lipinski definition) is 4. The van der Waals surface area contributed by atoms with Gasteiger partial charge in [0, 0.05) is 51.0 Å². The van der Waals surface area contributed by atoms with Gasteiger partial charge in [0.15, 0.2) is 0 Å². The predicted octanol–water partition coefficient (Wildman–Crippen LogP) is 2.99. The van der Waals surface area contributed by atoms with Crippen molar-refractivity contribution in [1.29, 1.82) is 0 Å². The van der Waals surface area contributed by atoms with E-state index in [1.807, 2.05) is 23.0 Å². The van der Waals surface area contributed by atoms with Gasteiger partial charge in [0.1, 0.15) is 0 Å². The fraction of sp³-hybridized carbons (Fsp3) is 0.348. The molecule has 2 aromatic carbocycles. The molecule has 1 saturated heterocycles. The second-order valence-corrected chi connectivity index (χ2v) is 7.56. The van der Waals surface area contributed by atoms with E-state index in [9.17, 15) is 5.11 Å². The van der Waals surface area contributed by atoms with E-state index in [1.165, 1.54) is 16.7 Å². The van der Waals surface area contributed by atoms with Crippen molar-refractivity contribution in [3.63, 3.8) is 0 Å². The number of piperazine rings is 1. The minimum Gasteiger partial charge on any atom is -0.392 e. The maximum atomic E-state index is 9.52. The zero-order valence-electron chi connectivity index (χ0n) is 16.5. The highest BCUT2D eigenvalue weighted by molar-refractivity contribution is 5.39. The van der Waals surface area contributed by atoms with Gasteiger partial charge in [-0.3, -0.25) is 9.80 Å². The highest BCUT2D eigenvalue weighted by atomic mass is 16.3. The summed E-state index contributed by atoms with van der Waals surface area (Å²) in [7, 11) is 0. The molecule has 0 aliphatic carbocycles. The van der Waals surface area contributed by atoms with Gasteiger partial charge in [0.05, 0.1) is 18.5 Å². The summed E-state index contributed by atoms with van der Waals surface area (Å²) in [4.78, 5) is 4.97. The van der Waals surface area contributed by atoms with Crippen LogP contribution < -0.4 is 0 Å². The number of nitrogens with zero attached hydrogens (tertiary/aromatic N) is 4. The summed E-state index contributed by atoms with van der Waals surface area (Å²) in [5, 5.41) is 14.1. The smallest absolute Gasteiger partial charge is 0.0685 e. The molecular weight excluding hydrogens is 348 g/mol. The van der Waals surface area contributed by atoms with Gasteiger partial charge in [0.25, 0.3) is 0 Å². The Kier molecular flexibility index (Phi) is 5.86. The molecule has 5 nitrogen and oxygen atoms in total. The number of aliphatic hydroxyl groups excluding tert-OH is 1. The van der Waals surface area contributed by atoms with Crippen molar-refractivity contribution < 1.29 is 5.11 Å². The number of hydrogen-bond donors (Lipinski definition) is 1. The van der Waals surface area contributed by atoms with Crippen molar-refractivity contribution >= 4 is 0 Å². The van der Waals surface area contributed by atoms with Crippen molar-refractivity contribution in [2.24, 2.45) is 0 Å². The first kappa shape index (κ1) is 18.9. The Bertz CT molecular complexity index is 912. The van der Waals surface area contributed by atoms with E-state index in [1.54, 1.807) is 0 Å². The highest BCUT2D eigenvalue weighted by Gasteiger charge is 2.18. The van der Waals surface area contributed by atoms with Gasteiger partial charge in [-0.05, 0) is 29.7 Å². The van der Waals surface area contributed by atoms with Crippen LogP contribution in [0.4, 0.5) is 0 Å². The first-order valence-electron chi connectivity index (χ1n) is 9.95. The van der Waals surface area contributed by atoms with Crippen LogP contribution in [-0.2, 0) is 19.7 Å². The zero-order valence-corrected chi connectivity index (χ0v) is 16.5. The van der Waals surface area contributed by atoms with Gasteiger partial charge >= 0.3 is 0 Å². The molecule has 0 saturated carbocycles. The van der Waals surface area contributed by atoms with Crippen LogP contribution in [0.5, 0.6) is 0 Å². The minimum atomic E-state index is 0.112. The highest BCUT2D eigenvalue weighted by Crippen LogP contribution is 2.16. The van der Waals surface area contributed by atoms with E-state index < -0.39 is 0 Å². The average Bonchev–Trinajstić information content (AvgIpc) is 3.18.